The molecule has 0 fully saturated rings. The summed E-state index contributed by atoms with van der Waals surface area (Å²) in [7, 11) is 3.32. The third-order valence-electron chi connectivity index (χ3n) is 5.35. The van der Waals surface area contributed by atoms with Crippen molar-refractivity contribution < 1.29 is 14.3 Å². The molecule has 2 heterocycles. The SMILES string of the molecule is COCCCN1C(=O)c2[nH]nc(-c3ccc(C)cc3)c2C1c1cccc(OC)c1. The molecule has 3 aromatic rings. The molecule has 6 nitrogen and oxygen atoms in total. The van der Waals surface area contributed by atoms with Gasteiger partial charge in [0.25, 0.3) is 5.91 Å². The van der Waals surface area contributed by atoms with Crippen LogP contribution in [-0.4, -0.2) is 48.4 Å². The fourth-order valence-electron chi connectivity index (χ4n) is 3.90. The maximum Gasteiger partial charge on any atom is 0.273 e. The highest BCUT2D eigenvalue weighted by Gasteiger charge is 2.41. The van der Waals surface area contributed by atoms with Gasteiger partial charge in [-0.2, -0.15) is 5.10 Å². The smallest absolute Gasteiger partial charge is 0.273 e. The number of aryl methyl sites for hydroxylation is 1. The largest absolute Gasteiger partial charge is 0.497 e. The molecular formula is C23H25N3O3. The Hall–Kier alpha value is -3.12. The molecule has 0 saturated heterocycles. The first kappa shape index (κ1) is 19.2. The first-order valence-electron chi connectivity index (χ1n) is 9.73. The molecule has 1 amide bonds. The van der Waals surface area contributed by atoms with Crippen molar-refractivity contribution in [1.82, 2.24) is 15.1 Å². The highest BCUT2D eigenvalue weighted by molar-refractivity contribution is 6.00. The molecule has 1 unspecified atom stereocenters. The quantitative estimate of drug-likeness (QED) is 0.619. The molecule has 2 aromatic carbocycles. The third kappa shape index (κ3) is 3.51. The van der Waals surface area contributed by atoms with Crippen molar-refractivity contribution in [3.8, 4) is 17.0 Å². The van der Waals surface area contributed by atoms with Crippen LogP contribution in [0.4, 0.5) is 0 Å². The minimum absolute atomic E-state index is 0.0326. The fourth-order valence-corrected chi connectivity index (χ4v) is 3.90. The number of aromatic nitrogens is 2. The van der Waals surface area contributed by atoms with Gasteiger partial charge < -0.3 is 14.4 Å². The predicted octanol–water partition coefficient (Wildman–Crippen LogP) is 3.98. The zero-order valence-corrected chi connectivity index (χ0v) is 16.9. The monoisotopic (exact) mass is 391 g/mol. The van der Waals surface area contributed by atoms with Crippen LogP contribution in [0.25, 0.3) is 11.3 Å². The zero-order chi connectivity index (χ0) is 20.4. The lowest BCUT2D eigenvalue weighted by Gasteiger charge is -2.26. The summed E-state index contributed by atoms with van der Waals surface area (Å²) in [4.78, 5) is 15.1. The topological polar surface area (TPSA) is 67.5 Å². The highest BCUT2D eigenvalue weighted by Crippen LogP contribution is 2.43. The normalized spacial score (nSPS) is 15.6. The second-order valence-electron chi connectivity index (χ2n) is 7.25. The van der Waals surface area contributed by atoms with Gasteiger partial charge in [0.2, 0.25) is 0 Å². The number of benzene rings is 2. The van der Waals surface area contributed by atoms with Crippen LogP contribution in [0, 0.1) is 6.92 Å². The van der Waals surface area contributed by atoms with Crippen molar-refractivity contribution in [2.24, 2.45) is 0 Å². The number of nitrogens with one attached hydrogen (secondary N) is 1. The molecule has 0 saturated carbocycles. The lowest BCUT2D eigenvalue weighted by atomic mass is 9.95. The van der Waals surface area contributed by atoms with Gasteiger partial charge in [0.1, 0.15) is 11.4 Å². The van der Waals surface area contributed by atoms with Crippen LogP contribution in [0.5, 0.6) is 5.75 Å². The van der Waals surface area contributed by atoms with Gasteiger partial charge >= 0.3 is 0 Å². The average Bonchev–Trinajstić information content (AvgIpc) is 3.28. The number of nitrogens with zero attached hydrogens (tertiary/aromatic N) is 2. The molecule has 6 heteroatoms. The summed E-state index contributed by atoms with van der Waals surface area (Å²) in [5, 5.41) is 7.50. The number of methoxy groups -OCH3 is 2. The van der Waals surface area contributed by atoms with Crippen molar-refractivity contribution in [1.29, 1.82) is 0 Å². The van der Waals surface area contributed by atoms with E-state index >= 15 is 0 Å². The Kier molecular flexibility index (Phi) is 5.36. The number of rotatable bonds is 7. The van der Waals surface area contributed by atoms with E-state index in [0.717, 1.165) is 34.6 Å². The van der Waals surface area contributed by atoms with Crippen LogP contribution in [0.1, 0.15) is 39.6 Å². The Morgan fingerprint density at radius 3 is 2.66 bits per heavy atom. The van der Waals surface area contributed by atoms with Crippen LogP contribution in [0.2, 0.25) is 0 Å². The fraction of sp³-hybridized carbons (Fsp3) is 0.304. The summed E-state index contributed by atoms with van der Waals surface area (Å²) in [5.74, 6) is 0.732. The predicted molar refractivity (Wildman–Crippen MR) is 111 cm³/mol. The van der Waals surface area contributed by atoms with Gasteiger partial charge in [-0.1, -0.05) is 42.0 Å². The van der Waals surface area contributed by atoms with Crippen molar-refractivity contribution in [3.63, 3.8) is 0 Å². The third-order valence-corrected chi connectivity index (χ3v) is 5.35. The molecule has 1 atom stereocenters. The first-order chi connectivity index (χ1) is 14.1. The van der Waals surface area contributed by atoms with Gasteiger partial charge in [0.15, 0.2) is 0 Å². The van der Waals surface area contributed by atoms with Gasteiger partial charge in [-0.05, 0) is 31.0 Å². The van der Waals surface area contributed by atoms with E-state index in [-0.39, 0.29) is 11.9 Å². The van der Waals surface area contributed by atoms with Gasteiger partial charge in [-0.15, -0.1) is 0 Å². The summed E-state index contributed by atoms with van der Waals surface area (Å²) >= 11 is 0. The molecule has 4 rings (SSSR count). The minimum atomic E-state index is -0.223. The van der Waals surface area contributed by atoms with E-state index in [4.69, 9.17) is 9.47 Å². The van der Waals surface area contributed by atoms with Crippen molar-refractivity contribution in [2.75, 3.05) is 27.4 Å². The van der Waals surface area contributed by atoms with E-state index in [1.807, 2.05) is 41.3 Å². The number of carbonyl (C=O) groups excluding carboxylic acids is 1. The number of hydrogen-bond donors (Lipinski definition) is 1. The Morgan fingerprint density at radius 2 is 1.93 bits per heavy atom. The second-order valence-corrected chi connectivity index (χ2v) is 7.25. The highest BCUT2D eigenvalue weighted by atomic mass is 16.5. The van der Waals surface area contributed by atoms with E-state index in [1.165, 1.54) is 5.56 Å². The van der Waals surface area contributed by atoms with E-state index in [1.54, 1.807) is 14.2 Å². The van der Waals surface area contributed by atoms with E-state index in [0.29, 0.717) is 18.8 Å². The van der Waals surface area contributed by atoms with Gasteiger partial charge in [-0.25, -0.2) is 0 Å². The Balaban J connectivity index is 1.82. The summed E-state index contributed by atoms with van der Waals surface area (Å²) in [5.41, 5.74) is 5.48. The van der Waals surface area contributed by atoms with E-state index in [9.17, 15) is 4.79 Å². The molecule has 1 aliphatic heterocycles. The number of ether oxygens (including phenoxy) is 2. The molecule has 1 N–H and O–H groups in total. The number of H-pyrrole nitrogens is 1. The Labute approximate surface area is 170 Å². The average molecular weight is 391 g/mol. The Bertz CT molecular complexity index is 1010. The molecule has 1 aliphatic rings. The summed E-state index contributed by atoms with van der Waals surface area (Å²) < 4.78 is 10.6. The molecule has 0 radical (unpaired) electrons. The molecule has 150 valence electrons. The summed E-state index contributed by atoms with van der Waals surface area (Å²) in [6.07, 6.45) is 0.764. The van der Waals surface area contributed by atoms with Gasteiger partial charge in [0.05, 0.1) is 18.8 Å². The van der Waals surface area contributed by atoms with E-state index in [2.05, 4.69) is 29.3 Å². The molecular weight excluding hydrogens is 366 g/mol. The Morgan fingerprint density at radius 1 is 1.14 bits per heavy atom. The maximum atomic E-state index is 13.2. The van der Waals surface area contributed by atoms with Crippen LogP contribution >= 0.6 is 0 Å². The number of carbonyl (C=O) groups is 1. The number of amides is 1. The van der Waals surface area contributed by atoms with E-state index < -0.39 is 0 Å². The zero-order valence-electron chi connectivity index (χ0n) is 16.9. The number of fused-ring (bicyclic) bond motifs is 1. The van der Waals surface area contributed by atoms with Gasteiger partial charge in [0, 0.05) is 31.4 Å². The van der Waals surface area contributed by atoms with Crippen LogP contribution in [0.15, 0.2) is 48.5 Å². The number of hydrogen-bond acceptors (Lipinski definition) is 4. The van der Waals surface area contributed by atoms with Crippen LogP contribution in [-0.2, 0) is 4.74 Å². The first-order valence-corrected chi connectivity index (χ1v) is 9.73. The second kappa shape index (κ2) is 8.09. The lowest BCUT2D eigenvalue weighted by Crippen LogP contribution is -2.31. The minimum Gasteiger partial charge on any atom is -0.497 e. The maximum absolute atomic E-state index is 13.2. The summed E-state index contributed by atoms with van der Waals surface area (Å²) in [6, 6.07) is 15.9. The van der Waals surface area contributed by atoms with Crippen molar-refractivity contribution >= 4 is 5.91 Å². The van der Waals surface area contributed by atoms with Crippen molar-refractivity contribution in [3.05, 3.63) is 70.9 Å². The molecule has 1 aromatic heterocycles. The van der Waals surface area contributed by atoms with Crippen LogP contribution in [0.3, 0.4) is 0 Å². The lowest BCUT2D eigenvalue weighted by molar-refractivity contribution is 0.0723. The standard InChI is InChI=1S/C23H25N3O3/c1-15-8-10-16(11-9-15)20-19-21(25-24-20)23(27)26(12-5-13-28-2)22(19)17-6-4-7-18(14-17)29-3/h4,6-11,14,22H,5,12-13H2,1-3H3,(H,24,25). The van der Waals surface area contributed by atoms with Gasteiger partial charge in [-0.3, -0.25) is 9.89 Å². The van der Waals surface area contributed by atoms with Crippen molar-refractivity contribution in [2.45, 2.75) is 19.4 Å². The summed E-state index contributed by atoms with van der Waals surface area (Å²) in [6.45, 7) is 3.26. The van der Waals surface area contributed by atoms with Crippen LogP contribution < -0.4 is 4.74 Å². The molecule has 29 heavy (non-hydrogen) atoms. The molecule has 0 bridgehead atoms. The number of aromatic amines is 1. The molecule has 0 spiro atoms. The molecule has 0 aliphatic carbocycles.